The highest BCUT2D eigenvalue weighted by Gasteiger charge is 2.28. The van der Waals surface area contributed by atoms with Crippen LogP contribution in [-0.2, 0) is 19.1 Å². The molecule has 0 aromatic heterocycles. The Morgan fingerprint density at radius 2 is 2.00 bits per heavy atom. The zero-order chi connectivity index (χ0) is 16.1. The summed E-state index contributed by atoms with van der Waals surface area (Å²) in [6.45, 7) is 1.72. The summed E-state index contributed by atoms with van der Waals surface area (Å²) < 4.78 is 15.2. The van der Waals surface area contributed by atoms with Crippen LogP contribution in [0.3, 0.4) is 0 Å². The van der Waals surface area contributed by atoms with Crippen LogP contribution in [0.2, 0.25) is 0 Å². The smallest absolute Gasteiger partial charge is 0.349 e. The van der Waals surface area contributed by atoms with Gasteiger partial charge in [-0.3, -0.25) is 4.79 Å². The number of amides is 1. The normalized spacial score (nSPS) is 15.3. The predicted octanol–water partition coefficient (Wildman–Crippen LogP) is 0.237. The van der Waals surface area contributed by atoms with Gasteiger partial charge in [-0.25, -0.2) is 10.2 Å². The first-order valence-corrected chi connectivity index (χ1v) is 6.44. The van der Waals surface area contributed by atoms with E-state index in [9.17, 15) is 9.59 Å². The molecule has 1 aromatic carbocycles. The molecule has 1 aromatic rings. The van der Waals surface area contributed by atoms with Crippen molar-refractivity contribution in [3.8, 4) is 5.75 Å². The molecule has 0 bridgehead atoms. The number of benzene rings is 1. The highest BCUT2D eigenvalue weighted by atomic mass is 16.5. The molecule has 0 fully saturated rings. The molecule has 0 saturated carbocycles. The van der Waals surface area contributed by atoms with Gasteiger partial charge in [-0.15, -0.1) is 5.10 Å². The lowest BCUT2D eigenvalue weighted by molar-refractivity contribution is -0.140. The second-order valence-electron chi connectivity index (χ2n) is 4.15. The van der Waals surface area contributed by atoms with Crippen molar-refractivity contribution in [2.24, 2.45) is 10.8 Å². The van der Waals surface area contributed by atoms with Crippen molar-refractivity contribution >= 4 is 17.8 Å². The van der Waals surface area contributed by atoms with Crippen LogP contribution in [0.4, 0.5) is 0 Å². The number of hydrogen-bond donors (Lipinski definition) is 2. The van der Waals surface area contributed by atoms with Crippen LogP contribution in [0.1, 0.15) is 12.5 Å². The monoisotopic (exact) mass is 305 g/mol. The summed E-state index contributed by atoms with van der Waals surface area (Å²) in [5.74, 6) is -1.12. The molecule has 2 rings (SSSR count). The van der Waals surface area contributed by atoms with Gasteiger partial charge in [-0.2, -0.15) is 0 Å². The van der Waals surface area contributed by atoms with E-state index in [2.05, 4.69) is 10.5 Å². The van der Waals surface area contributed by atoms with Crippen molar-refractivity contribution in [3.63, 3.8) is 0 Å². The third-order valence-electron chi connectivity index (χ3n) is 2.75. The first-order valence-electron chi connectivity index (χ1n) is 6.44. The fraction of sp³-hybridized carbons (Fsp3) is 0.214. The van der Waals surface area contributed by atoms with Crippen LogP contribution < -0.4 is 15.9 Å². The van der Waals surface area contributed by atoms with E-state index < -0.39 is 17.4 Å². The standard InChI is InChI=1S/C14H15N3O5/c1-3-21-14(19)10(11(15)18)13-17-16-12(22-13)8-4-6-9(20-2)7-5-8/h4-7,17H,3H2,1-2H3,(H2,15,18)/b13-10-. The van der Waals surface area contributed by atoms with E-state index in [0.717, 1.165) is 0 Å². The number of rotatable bonds is 5. The van der Waals surface area contributed by atoms with E-state index in [1.165, 1.54) is 0 Å². The first kappa shape index (κ1) is 15.4. The summed E-state index contributed by atoms with van der Waals surface area (Å²) in [7, 11) is 1.56. The lowest BCUT2D eigenvalue weighted by Crippen LogP contribution is -2.27. The molecule has 0 unspecified atom stereocenters. The molecule has 0 saturated heterocycles. The Morgan fingerprint density at radius 3 is 2.55 bits per heavy atom. The molecule has 1 amide bonds. The second-order valence-corrected chi connectivity index (χ2v) is 4.15. The van der Waals surface area contributed by atoms with Gasteiger partial charge in [-0.1, -0.05) is 0 Å². The van der Waals surface area contributed by atoms with Crippen LogP contribution >= 0.6 is 0 Å². The predicted molar refractivity (Wildman–Crippen MR) is 76.6 cm³/mol. The molecule has 22 heavy (non-hydrogen) atoms. The van der Waals surface area contributed by atoms with Crippen molar-refractivity contribution in [2.45, 2.75) is 6.92 Å². The number of nitrogens with two attached hydrogens (primary N) is 1. The van der Waals surface area contributed by atoms with Crippen LogP contribution in [-0.4, -0.2) is 31.5 Å². The van der Waals surface area contributed by atoms with E-state index in [-0.39, 0.29) is 18.4 Å². The number of esters is 1. The summed E-state index contributed by atoms with van der Waals surface area (Å²) in [6.07, 6.45) is 0. The Morgan fingerprint density at radius 1 is 1.32 bits per heavy atom. The minimum absolute atomic E-state index is 0.106. The summed E-state index contributed by atoms with van der Waals surface area (Å²) in [4.78, 5) is 23.1. The fourth-order valence-corrected chi connectivity index (χ4v) is 1.72. The molecule has 0 atom stereocenters. The van der Waals surface area contributed by atoms with Crippen LogP contribution in [0.5, 0.6) is 5.75 Å². The molecule has 8 nitrogen and oxygen atoms in total. The number of nitrogens with one attached hydrogen (secondary N) is 1. The number of ether oxygens (including phenoxy) is 3. The van der Waals surface area contributed by atoms with Gasteiger partial charge in [0.15, 0.2) is 5.57 Å². The highest BCUT2D eigenvalue weighted by Crippen LogP contribution is 2.18. The quantitative estimate of drug-likeness (QED) is 0.349. The highest BCUT2D eigenvalue weighted by molar-refractivity contribution is 6.16. The van der Waals surface area contributed by atoms with Crippen molar-refractivity contribution in [1.29, 1.82) is 0 Å². The average molecular weight is 305 g/mol. The molecule has 1 aliphatic heterocycles. The largest absolute Gasteiger partial charge is 0.497 e. The third-order valence-corrected chi connectivity index (χ3v) is 2.75. The lowest BCUT2D eigenvalue weighted by atomic mass is 10.2. The van der Waals surface area contributed by atoms with Gasteiger partial charge in [0.2, 0.25) is 11.8 Å². The van der Waals surface area contributed by atoms with E-state index >= 15 is 0 Å². The van der Waals surface area contributed by atoms with Gasteiger partial charge in [0.1, 0.15) is 5.75 Å². The Hall–Kier alpha value is -3.03. The topological polar surface area (TPSA) is 112 Å². The SMILES string of the molecule is CCOC(=O)/C(C(N)=O)=C1/NN=C(c2ccc(OC)cc2)O1. The molecule has 3 N–H and O–H groups in total. The molecule has 116 valence electrons. The molecule has 0 spiro atoms. The van der Waals surface area contributed by atoms with Gasteiger partial charge in [-0.05, 0) is 31.2 Å². The van der Waals surface area contributed by atoms with Crippen LogP contribution in [0, 0.1) is 0 Å². The molecular formula is C14H15N3O5. The Balaban J connectivity index is 2.22. The fourth-order valence-electron chi connectivity index (χ4n) is 1.72. The molecule has 0 aliphatic carbocycles. The number of carbonyl (C=O) groups is 2. The number of nitrogens with zero attached hydrogens (tertiary/aromatic N) is 1. The Kier molecular flexibility index (Phi) is 4.62. The van der Waals surface area contributed by atoms with E-state index in [1.54, 1.807) is 38.3 Å². The zero-order valence-corrected chi connectivity index (χ0v) is 12.1. The molecular weight excluding hydrogens is 290 g/mol. The van der Waals surface area contributed by atoms with Crippen LogP contribution in [0.15, 0.2) is 40.8 Å². The number of carbonyl (C=O) groups excluding carboxylic acids is 2. The number of primary amides is 1. The van der Waals surface area contributed by atoms with Crippen molar-refractivity contribution in [1.82, 2.24) is 5.43 Å². The molecule has 1 aliphatic rings. The summed E-state index contributed by atoms with van der Waals surface area (Å²) in [5.41, 5.74) is 7.86. The molecule has 1 heterocycles. The first-order chi connectivity index (χ1) is 10.6. The van der Waals surface area contributed by atoms with Crippen LogP contribution in [0.25, 0.3) is 0 Å². The summed E-state index contributed by atoms with van der Waals surface area (Å²) >= 11 is 0. The average Bonchev–Trinajstić information content (AvgIpc) is 2.97. The minimum atomic E-state index is -0.966. The Labute approximate surface area is 126 Å². The minimum Gasteiger partial charge on any atom is -0.497 e. The maximum absolute atomic E-state index is 11.7. The van der Waals surface area contributed by atoms with E-state index in [4.69, 9.17) is 19.9 Å². The van der Waals surface area contributed by atoms with Crippen molar-refractivity contribution in [3.05, 3.63) is 41.3 Å². The second kappa shape index (κ2) is 6.61. The maximum atomic E-state index is 11.7. The lowest BCUT2D eigenvalue weighted by Gasteiger charge is -2.07. The molecule has 8 heteroatoms. The van der Waals surface area contributed by atoms with Gasteiger partial charge < -0.3 is 19.9 Å². The maximum Gasteiger partial charge on any atom is 0.349 e. The van der Waals surface area contributed by atoms with E-state index in [1.807, 2.05) is 0 Å². The third kappa shape index (κ3) is 3.17. The number of methoxy groups -OCH3 is 1. The molecule has 0 radical (unpaired) electrons. The van der Waals surface area contributed by atoms with Crippen molar-refractivity contribution in [2.75, 3.05) is 13.7 Å². The summed E-state index contributed by atoms with van der Waals surface area (Å²) in [6, 6.07) is 6.89. The number of hydrazone groups is 1. The summed E-state index contributed by atoms with van der Waals surface area (Å²) in [5, 5.41) is 3.92. The zero-order valence-electron chi connectivity index (χ0n) is 12.1. The van der Waals surface area contributed by atoms with Crippen molar-refractivity contribution < 1.29 is 23.8 Å². The van der Waals surface area contributed by atoms with Gasteiger partial charge in [0, 0.05) is 5.56 Å². The van der Waals surface area contributed by atoms with E-state index in [0.29, 0.717) is 11.3 Å². The Bertz CT molecular complexity index is 649. The van der Waals surface area contributed by atoms with Gasteiger partial charge in [0.05, 0.1) is 13.7 Å². The number of hydrogen-bond acceptors (Lipinski definition) is 7. The van der Waals surface area contributed by atoms with Gasteiger partial charge in [0.25, 0.3) is 5.91 Å². The van der Waals surface area contributed by atoms with Gasteiger partial charge >= 0.3 is 5.97 Å².